The van der Waals surface area contributed by atoms with Crippen LogP contribution in [0.4, 0.5) is 0 Å². The Kier molecular flexibility index (Phi) is 3.89. The Labute approximate surface area is 116 Å². The molecule has 0 unspecified atom stereocenters. The lowest BCUT2D eigenvalue weighted by molar-refractivity contribution is -0.137. The van der Waals surface area contributed by atoms with Crippen LogP contribution in [0.3, 0.4) is 0 Å². The molecule has 0 fully saturated rings. The van der Waals surface area contributed by atoms with Gasteiger partial charge in [0.1, 0.15) is 5.70 Å². The van der Waals surface area contributed by atoms with Crippen LogP contribution < -0.4 is 5.32 Å². The molecule has 2 N–H and O–H groups in total. The van der Waals surface area contributed by atoms with Crippen molar-refractivity contribution in [3.8, 4) is 0 Å². The minimum atomic E-state index is -0.582. The minimum absolute atomic E-state index is 0.112. The van der Waals surface area contributed by atoms with Gasteiger partial charge in [-0.2, -0.15) is 0 Å². The summed E-state index contributed by atoms with van der Waals surface area (Å²) in [5.74, 6) is -0.904. The minimum Gasteiger partial charge on any atom is -0.464 e. The van der Waals surface area contributed by atoms with Gasteiger partial charge in [0.2, 0.25) is 5.91 Å². The summed E-state index contributed by atoms with van der Waals surface area (Å²) in [5.41, 5.74) is 3.05. The molecular formula is C15H16N2O3. The van der Waals surface area contributed by atoms with E-state index in [4.69, 9.17) is 0 Å². The van der Waals surface area contributed by atoms with Crippen molar-refractivity contribution in [2.24, 2.45) is 0 Å². The molecule has 5 heteroatoms. The maximum Gasteiger partial charge on any atom is 0.354 e. The van der Waals surface area contributed by atoms with E-state index in [9.17, 15) is 9.59 Å². The van der Waals surface area contributed by atoms with Crippen LogP contribution in [0.1, 0.15) is 18.1 Å². The summed E-state index contributed by atoms with van der Waals surface area (Å²) in [5, 5.41) is 3.45. The highest BCUT2D eigenvalue weighted by molar-refractivity contribution is 6.00. The number of amides is 1. The maximum atomic E-state index is 11.6. The molecule has 0 bridgehead atoms. The monoisotopic (exact) mass is 272 g/mol. The van der Waals surface area contributed by atoms with Crippen LogP contribution in [0.15, 0.2) is 30.1 Å². The van der Waals surface area contributed by atoms with Crippen molar-refractivity contribution >= 4 is 28.9 Å². The van der Waals surface area contributed by atoms with Crippen LogP contribution in [0, 0.1) is 6.92 Å². The molecule has 1 aromatic heterocycles. The second kappa shape index (κ2) is 5.61. The third-order valence-corrected chi connectivity index (χ3v) is 2.89. The van der Waals surface area contributed by atoms with Crippen LogP contribution in [0.2, 0.25) is 0 Å². The molecular weight excluding hydrogens is 256 g/mol. The number of nitrogens with one attached hydrogen (secondary N) is 2. The molecule has 2 rings (SSSR count). The quantitative estimate of drug-likeness (QED) is 0.664. The molecule has 5 nitrogen and oxygen atoms in total. The van der Waals surface area contributed by atoms with Gasteiger partial charge in [0.05, 0.1) is 7.11 Å². The predicted octanol–water partition coefficient (Wildman–Crippen LogP) is 2.13. The number of methoxy groups -OCH3 is 1. The number of aromatic amines is 1. The fraction of sp³-hybridized carbons (Fsp3) is 0.200. The average Bonchev–Trinajstić information content (AvgIpc) is 2.78. The number of H-pyrrole nitrogens is 1. The standard InChI is InChI=1S/C15H16N2O3/c1-9-4-5-12-11(8-16-13(12)6-9)7-14(15(19)20-3)17-10(2)18/h4-8,16H,1-3H3,(H,17,18)/b14-7-. The van der Waals surface area contributed by atoms with Crippen molar-refractivity contribution in [2.45, 2.75) is 13.8 Å². The normalized spacial score (nSPS) is 11.4. The van der Waals surface area contributed by atoms with Gasteiger partial charge in [-0.25, -0.2) is 4.79 Å². The first-order chi connectivity index (χ1) is 9.51. The van der Waals surface area contributed by atoms with Crippen LogP contribution in [-0.4, -0.2) is 24.0 Å². The number of hydrogen-bond acceptors (Lipinski definition) is 3. The second-order valence-corrected chi connectivity index (χ2v) is 4.52. The smallest absolute Gasteiger partial charge is 0.354 e. The molecule has 0 aliphatic carbocycles. The first-order valence-corrected chi connectivity index (χ1v) is 6.16. The molecule has 1 heterocycles. The van der Waals surface area contributed by atoms with E-state index in [0.717, 1.165) is 22.0 Å². The number of rotatable bonds is 3. The van der Waals surface area contributed by atoms with Gasteiger partial charge in [-0.05, 0) is 24.6 Å². The summed E-state index contributed by atoms with van der Waals surface area (Å²) < 4.78 is 4.66. The summed E-state index contributed by atoms with van der Waals surface area (Å²) in [7, 11) is 1.27. The highest BCUT2D eigenvalue weighted by atomic mass is 16.5. The Hall–Kier alpha value is -2.56. The van der Waals surface area contributed by atoms with Crippen molar-refractivity contribution < 1.29 is 14.3 Å². The highest BCUT2D eigenvalue weighted by Crippen LogP contribution is 2.21. The fourth-order valence-corrected chi connectivity index (χ4v) is 1.98. The Morgan fingerprint density at radius 2 is 2.10 bits per heavy atom. The lowest BCUT2D eigenvalue weighted by Crippen LogP contribution is -2.25. The van der Waals surface area contributed by atoms with Crippen LogP contribution in [0.25, 0.3) is 17.0 Å². The molecule has 2 aromatic rings. The third-order valence-electron chi connectivity index (χ3n) is 2.89. The number of aromatic nitrogens is 1. The zero-order valence-corrected chi connectivity index (χ0v) is 11.6. The number of ether oxygens (including phenoxy) is 1. The fourth-order valence-electron chi connectivity index (χ4n) is 1.98. The van der Waals surface area contributed by atoms with Crippen LogP contribution in [0.5, 0.6) is 0 Å². The summed E-state index contributed by atoms with van der Waals surface area (Å²) >= 11 is 0. The Balaban J connectivity index is 2.47. The first kappa shape index (κ1) is 13.9. The lowest BCUT2D eigenvalue weighted by Gasteiger charge is -2.05. The van der Waals surface area contributed by atoms with Gasteiger partial charge in [0.25, 0.3) is 0 Å². The third kappa shape index (κ3) is 2.88. The Bertz CT molecular complexity index is 698. The molecule has 0 radical (unpaired) electrons. The van der Waals surface area contributed by atoms with Gasteiger partial charge < -0.3 is 15.0 Å². The molecule has 1 aromatic carbocycles. The van der Waals surface area contributed by atoms with E-state index in [-0.39, 0.29) is 11.6 Å². The van der Waals surface area contributed by atoms with Gasteiger partial charge in [0, 0.05) is 29.6 Å². The van der Waals surface area contributed by atoms with Crippen LogP contribution in [-0.2, 0) is 14.3 Å². The molecule has 1 amide bonds. The molecule has 104 valence electrons. The summed E-state index contributed by atoms with van der Waals surface area (Å²) in [6, 6.07) is 5.97. The SMILES string of the molecule is COC(=O)/C(=C/c1c[nH]c2cc(C)ccc12)NC(C)=O. The second-order valence-electron chi connectivity index (χ2n) is 4.52. The van der Waals surface area contributed by atoms with Crippen molar-refractivity contribution in [1.82, 2.24) is 10.3 Å². The van der Waals surface area contributed by atoms with E-state index in [1.807, 2.05) is 25.1 Å². The number of hydrogen-bond donors (Lipinski definition) is 2. The summed E-state index contributed by atoms with van der Waals surface area (Å²) in [6.07, 6.45) is 3.39. The maximum absolute atomic E-state index is 11.6. The van der Waals surface area contributed by atoms with Gasteiger partial charge in [-0.1, -0.05) is 12.1 Å². The summed E-state index contributed by atoms with van der Waals surface area (Å²) in [4.78, 5) is 25.9. The van der Waals surface area contributed by atoms with Crippen molar-refractivity contribution in [3.63, 3.8) is 0 Å². The molecule has 0 saturated carbocycles. The Morgan fingerprint density at radius 3 is 2.75 bits per heavy atom. The number of aryl methyl sites for hydroxylation is 1. The number of carbonyl (C=O) groups excluding carboxylic acids is 2. The van der Waals surface area contributed by atoms with E-state index < -0.39 is 5.97 Å². The zero-order valence-electron chi connectivity index (χ0n) is 11.6. The van der Waals surface area contributed by atoms with Gasteiger partial charge in [-0.3, -0.25) is 4.79 Å². The Morgan fingerprint density at radius 1 is 1.35 bits per heavy atom. The summed E-state index contributed by atoms with van der Waals surface area (Å²) in [6.45, 7) is 3.35. The molecule has 0 aliphatic rings. The van der Waals surface area contributed by atoms with E-state index in [0.29, 0.717) is 0 Å². The largest absolute Gasteiger partial charge is 0.464 e. The van der Waals surface area contributed by atoms with Gasteiger partial charge in [-0.15, -0.1) is 0 Å². The predicted molar refractivity (Wildman–Crippen MR) is 76.8 cm³/mol. The molecule has 0 spiro atoms. The number of fused-ring (bicyclic) bond motifs is 1. The number of benzene rings is 1. The zero-order chi connectivity index (χ0) is 14.7. The van der Waals surface area contributed by atoms with Crippen molar-refractivity contribution in [2.75, 3.05) is 7.11 Å². The van der Waals surface area contributed by atoms with Crippen molar-refractivity contribution in [1.29, 1.82) is 0 Å². The molecule has 0 aliphatic heterocycles. The van der Waals surface area contributed by atoms with E-state index in [2.05, 4.69) is 15.0 Å². The number of esters is 1. The van der Waals surface area contributed by atoms with Crippen molar-refractivity contribution in [3.05, 3.63) is 41.2 Å². The van der Waals surface area contributed by atoms with Gasteiger partial charge in [0.15, 0.2) is 0 Å². The van der Waals surface area contributed by atoms with Gasteiger partial charge >= 0.3 is 5.97 Å². The van der Waals surface area contributed by atoms with Crippen LogP contribution >= 0.6 is 0 Å². The first-order valence-electron chi connectivity index (χ1n) is 6.16. The number of carbonyl (C=O) groups is 2. The molecule has 0 saturated heterocycles. The van der Waals surface area contributed by atoms with E-state index in [1.54, 1.807) is 12.3 Å². The van der Waals surface area contributed by atoms with E-state index >= 15 is 0 Å². The average molecular weight is 272 g/mol. The lowest BCUT2D eigenvalue weighted by atomic mass is 10.1. The molecule has 20 heavy (non-hydrogen) atoms. The topological polar surface area (TPSA) is 71.2 Å². The van der Waals surface area contributed by atoms with E-state index in [1.165, 1.54) is 14.0 Å². The highest BCUT2D eigenvalue weighted by Gasteiger charge is 2.12. The molecule has 0 atom stereocenters.